The Hall–Kier alpha value is -1.28. The SMILES string of the molecule is COC(O)CC(O)OC.Cc1cnc(-c2[c-]cc(F)cc2)c(C)n1.[Ir]. The van der Waals surface area contributed by atoms with Crippen LogP contribution < -0.4 is 0 Å². The zero-order chi connectivity index (χ0) is 18.1. The minimum atomic E-state index is -0.944. The van der Waals surface area contributed by atoms with Gasteiger partial charge in [-0.05, 0) is 13.8 Å². The summed E-state index contributed by atoms with van der Waals surface area (Å²) in [7, 11) is 2.71. The van der Waals surface area contributed by atoms with E-state index in [0.717, 1.165) is 22.6 Å². The van der Waals surface area contributed by atoms with E-state index < -0.39 is 12.6 Å². The van der Waals surface area contributed by atoms with Crippen LogP contribution in [0.15, 0.2) is 24.4 Å². The van der Waals surface area contributed by atoms with Gasteiger partial charge in [0.25, 0.3) is 0 Å². The minimum Gasteiger partial charge on any atom is -0.368 e. The van der Waals surface area contributed by atoms with Crippen LogP contribution in [0.4, 0.5) is 4.39 Å². The van der Waals surface area contributed by atoms with Crippen molar-refractivity contribution in [3.8, 4) is 11.3 Å². The fourth-order valence-corrected chi connectivity index (χ4v) is 1.78. The van der Waals surface area contributed by atoms with Crippen LogP contribution in [-0.4, -0.2) is 47.0 Å². The van der Waals surface area contributed by atoms with Gasteiger partial charge in [-0.25, -0.2) is 0 Å². The topological polar surface area (TPSA) is 84.7 Å². The molecular formula is C17H22FIrN2O4-. The van der Waals surface area contributed by atoms with E-state index in [9.17, 15) is 4.39 Å². The second kappa shape index (κ2) is 12.1. The summed E-state index contributed by atoms with van der Waals surface area (Å²) in [6, 6.07) is 7.19. The first-order valence-corrected chi connectivity index (χ1v) is 7.27. The Kier molecular flexibility index (Phi) is 11.5. The number of nitrogens with zero attached hydrogens (tertiary/aromatic N) is 2. The van der Waals surface area contributed by atoms with Crippen LogP contribution in [0.5, 0.6) is 0 Å². The van der Waals surface area contributed by atoms with Crippen molar-refractivity contribution in [1.82, 2.24) is 9.97 Å². The summed E-state index contributed by atoms with van der Waals surface area (Å²) in [5, 5.41) is 17.4. The number of aryl methyl sites for hydroxylation is 2. The summed E-state index contributed by atoms with van der Waals surface area (Å²) in [5.41, 5.74) is 3.22. The molecule has 0 bridgehead atoms. The van der Waals surface area contributed by atoms with E-state index in [1.54, 1.807) is 12.3 Å². The first-order valence-electron chi connectivity index (χ1n) is 7.27. The molecule has 0 spiro atoms. The molecule has 8 heteroatoms. The number of hydrogen-bond donors (Lipinski definition) is 2. The van der Waals surface area contributed by atoms with E-state index in [1.807, 2.05) is 13.8 Å². The van der Waals surface area contributed by atoms with E-state index in [-0.39, 0.29) is 32.3 Å². The number of hydrogen-bond acceptors (Lipinski definition) is 6. The van der Waals surface area contributed by atoms with Crippen molar-refractivity contribution in [1.29, 1.82) is 0 Å². The average molecular weight is 530 g/mol. The van der Waals surface area contributed by atoms with Gasteiger partial charge in [-0.1, -0.05) is 0 Å². The summed E-state index contributed by atoms with van der Waals surface area (Å²) in [4.78, 5) is 8.56. The fraction of sp³-hybridized carbons (Fsp3) is 0.412. The van der Waals surface area contributed by atoms with Crippen molar-refractivity contribution < 1.29 is 44.2 Å². The largest absolute Gasteiger partial charge is 0.368 e. The van der Waals surface area contributed by atoms with E-state index >= 15 is 0 Å². The van der Waals surface area contributed by atoms with Gasteiger partial charge in [-0.15, -0.1) is 29.8 Å². The van der Waals surface area contributed by atoms with E-state index in [0.29, 0.717) is 0 Å². The first kappa shape index (κ1) is 23.7. The number of aliphatic hydroxyl groups is 2. The van der Waals surface area contributed by atoms with Crippen LogP contribution in [0.1, 0.15) is 17.8 Å². The van der Waals surface area contributed by atoms with Crippen LogP contribution in [0, 0.1) is 25.7 Å². The molecule has 2 atom stereocenters. The molecule has 2 rings (SSSR count). The maximum atomic E-state index is 12.7. The Morgan fingerprint density at radius 2 is 1.76 bits per heavy atom. The van der Waals surface area contributed by atoms with Crippen molar-refractivity contribution in [2.24, 2.45) is 0 Å². The van der Waals surface area contributed by atoms with Crippen LogP contribution in [0.25, 0.3) is 11.3 Å². The summed E-state index contributed by atoms with van der Waals surface area (Å²) >= 11 is 0. The van der Waals surface area contributed by atoms with Gasteiger partial charge in [-0.3, -0.25) is 9.37 Å². The number of ether oxygens (including phenoxy) is 2. The van der Waals surface area contributed by atoms with Gasteiger partial charge >= 0.3 is 0 Å². The molecule has 2 aromatic rings. The molecule has 141 valence electrons. The molecule has 25 heavy (non-hydrogen) atoms. The van der Waals surface area contributed by atoms with Gasteiger partial charge in [0, 0.05) is 64.1 Å². The Balaban J connectivity index is 0.000000504. The Bertz CT molecular complexity index is 621. The second-order valence-electron chi connectivity index (χ2n) is 4.98. The van der Waals surface area contributed by atoms with Gasteiger partial charge in [0.05, 0.1) is 5.69 Å². The third-order valence-corrected chi connectivity index (χ3v) is 3.04. The van der Waals surface area contributed by atoms with Gasteiger partial charge in [-0.2, -0.15) is 0 Å². The predicted octanol–water partition coefficient (Wildman–Crippen LogP) is 2.00. The molecule has 1 aromatic heterocycles. The molecule has 6 nitrogen and oxygen atoms in total. The van der Waals surface area contributed by atoms with Gasteiger partial charge in [0.1, 0.15) is 0 Å². The normalized spacial score (nSPS) is 12.4. The molecule has 0 saturated carbocycles. The Labute approximate surface area is 160 Å². The molecule has 1 radical (unpaired) electrons. The summed E-state index contributed by atoms with van der Waals surface area (Å²) in [6.45, 7) is 3.77. The number of aromatic nitrogens is 2. The van der Waals surface area contributed by atoms with Gasteiger partial charge in [0.2, 0.25) is 0 Å². The third-order valence-electron chi connectivity index (χ3n) is 3.04. The minimum absolute atomic E-state index is 0. The summed E-state index contributed by atoms with van der Waals surface area (Å²) in [6.07, 6.45) is -0.119. The van der Waals surface area contributed by atoms with Gasteiger partial charge < -0.3 is 24.7 Å². The molecule has 0 saturated heterocycles. The molecule has 0 amide bonds. The maximum Gasteiger partial charge on any atom is 0.158 e. The average Bonchev–Trinajstić information content (AvgIpc) is 2.56. The fourth-order valence-electron chi connectivity index (χ4n) is 1.78. The number of benzene rings is 1. The molecule has 0 aliphatic carbocycles. The third kappa shape index (κ3) is 8.58. The molecule has 1 heterocycles. The van der Waals surface area contributed by atoms with Crippen LogP contribution >= 0.6 is 0 Å². The molecule has 0 aliphatic heterocycles. The van der Waals surface area contributed by atoms with Crippen molar-refractivity contribution in [2.75, 3.05) is 14.2 Å². The van der Waals surface area contributed by atoms with E-state index in [4.69, 9.17) is 10.2 Å². The number of aliphatic hydroxyl groups excluding tert-OH is 2. The monoisotopic (exact) mass is 530 g/mol. The number of halogens is 1. The van der Waals surface area contributed by atoms with E-state index in [2.05, 4.69) is 25.5 Å². The summed E-state index contributed by atoms with van der Waals surface area (Å²) in [5.74, 6) is -0.295. The van der Waals surface area contributed by atoms with Crippen molar-refractivity contribution in [3.63, 3.8) is 0 Å². The zero-order valence-electron chi connectivity index (χ0n) is 14.5. The van der Waals surface area contributed by atoms with Crippen LogP contribution in [-0.2, 0) is 29.6 Å². The number of rotatable bonds is 5. The van der Waals surface area contributed by atoms with Gasteiger partial charge in [0.15, 0.2) is 12.6 Å². The zero-order valence-corrected chi connectivity index (χ0v) is 16.9. The second-order valence-corrected chi connectivity index (χ2v) is 4.98. The van der Waals surface area contributed by atoms with Crippen LogP contribution in [0.3, 0.4) is 0 Å². The smallest absolute Gasteiger partial charge is 0.158 e. The molecule has 1 aromatic carbocycles. The Morgan fingerprint density at radius 1 is 1.16 bits per heavy atom. The quantitative estimate of drug-likeness (QED) is 0.456. The van der Waals surface area contributed by atoms with E-state index in [1.165, 1.54) is 26.4 Å². The predicted molar refractivity (Wildman–Crippen MR) is 86.4 cm³/mol. The van der Waals surface area contributed by atoms with Crippen molar-refractivity contribution >= 4 is 0 Å². The Morgan fingerprint density at radius 3 is 2.20 bits per heavy atom. The summed E-state index contributed by atoms with van der Waals surface area (Å²) < 4.78 is 21.6. The van der Waals surface area contributed by atoms with Crippen molar-refractivity contribution in [3.05, 3.63) is 47.7 Å². The molecule has 0 aliphatic rings. The molecule has 2 unspecified atom stereocenters. The number of methoxy groups -OCH3 is 2. The standard InChI is InChI=1S/C12H10FN2.C5H12O4.Ir/c1-8-7-14-12(9(2)15-8)10-3-5-11(13)6-4-10;1-8-4(6)3-5(7)9-2;/h3,5-7H,1-2H3;4-7H,3H2,1-2H3;/q-1;;. The van der Waals surface area contributed by atoms with Crippen molar-refractivity contribution in [2.45, 2.75) is 32.8 Å². The first-order chi connectivity index (χ1) is 11.4. The van der Waals surface area contributed by atoms with Crippen LogP contribution in [0.2, 0.25) is 0 Å². The molecular weight excluding hydrogens is 507 g/mol. The molecule has 0 fully saturated rings. The maximum absolute atomic E-state index is 12.7. The molecule has 2 N–H and O–H groups in total.